The zero-order chi connectivity index (χ0) is 13.1. The molecule has 1 fully saturated rings. The Morgan fingerprint density at radius 3 is 2.22 bits per heavy atom. The van der Waals surface area contributed by atoms with Crippen molar-refractivity contribution in [3.8, 4) is 0 Å². The lowest BCUT2D eigenvalue weighted by Crippen LogP contribution is -2.13. The van der Waals surface area contributed by atoms with E-state index in [2.05, 4.69) is 0 Å². The number of carboxylic acid groups (broad SMARTS) is 1. The zero-order valence-electron chi connectivity index (χ0n) is 10.4. The number of benzene rings is 1. The number of carbonyl (C=O) groups is 1. The molecule has 0 radical (unpaired) electrons. The van der Waals surface area contributed by atoms with Crippen LogP contribution in [0, 0.1) is 0 Å². The molecule has 96 valence electrons. The van der Waals surface area contributed by atoms with Gasteiger partial charge >= 0.3 is 5.97 Å². The SMILES string of the molecule is C[C@@H]1OC(c2ccc(/C=C/C(=O)O)cc2)O[C@H]1C. The van der Waals surface area contributed by atoms with Crippen LogP contribution in [0.5, 0.6) is 0 Å². The number of rotatable bonds is 3. The van der Waals surface area contributed by atoms with Crippen LogP contribution in [-0.2, 0) is 14.3 Å². The molecule has 1 heterocycles. The van der Waals surface area contributed by atoms with E-state index in [4.69, 9.17) is 14.6 Å². The van der Waals surface area contributed by atoms with Crippen LogP contribution < -0.4 is 0 Å². The molecule has 1 saturated heterocycles. The van der Waals surface area contributed by atoms with Gasteiger partial charge in [0.05, 0.1) is 12.2 Å². The van der Waals surface area contributed by atoms with Gasteiger partial charge < -0.3 is 14.6 Å². The Labute approximate surface area is 106 Å². The minimum Gasteiger partial charge on any atom is -0.478 e. The summed E-state index contributed by atoms with van der Waals surface area (Å²) in [6.07, 6.45) is 2.51. The standard InChI is InChI=1S/C14H16O4/c1-9-10(2)18-14(17-9)12-6-3-11(4-7-12)5-8-13(15)16/h3-10,14H,1-2H3,(H,15,16)/b8-5+/t9-,10-/m0/s1. The van der Waals surface area contributed by atoms with Gasteiger partial charge in [-0.2, -0.15) is 0 Å². The molecule has 1 aliphatic heterocycles. The summed E-state index contributed by atoms with van der Waals surface area (Å²) in [6.45, 7) is 3.96. The number of aliphatic carboxylic acids is 1. The van der Waals surface area contributed by atoms with Crippen molar-refractivity contribution in [3.63, 3.8) is 0 Å². The third kappa shape index (κ3) is 2.97. The van der Waals surface area contributed by atoms with Crippen LogP contribution in [0.1, 0.15) is 31.3 Å². The van der Waals surface area contributed by atoms with Crippen LogP contribution in [0.25, 0.3) is 6.08 Å². The van der Waals surface area contributed by atoms with Crippen molar-refractivity contribution < 1.29 is 19.4 Å². The minimum absolute atomic E-state index is 0.0848. The summed E-state index contributed by atoms with van der Waals surface area (Å²) < 4.78 is 11.3. The first-order chi connectivity index (χ1) is 8.56. The minimum atomic E-state index is -0.954. The molecule has 2 atom stereocenters. The van der Waals surface area contributed by atoms with Crippen LogP contribution in [0.4, 0.5) is 0 Å². The van der Waals surface area contributed by atoms with Gasteiger partial charge in [0.25, 0.3) is 0 Å². The molecule has 1 aliphatic rings. The van der Waals surface area contributed by atoms with Crippen molar-refractivity contribution in [3.05, 3.63) is 41.5 Å². The third-order valence-electron chi connectivity index (χ3n) is 2.96. The van der Waals surface area contributed by atoms with E-state index in [-0.39, 0.29) is 18.5 Å². The molecule has 0 unspecified atom stereocenters. The van der Waals surface area contributed by atoms with E-state index in [1.165, 1.54) is 0 Å². The summed E-state index contributed by atoms with van der Waals surface area (Å²) >= 11 is 0. The first kappa shape index (κ1) is 12.8. The maximum Gasteiger partial charge on any atom is 0.328 e. The lowest BCUT2D eigenvalue weighted by Gasteiger charge is -2.10. The molecule has 4 heteroatoms. The predicted octanol–water partition coefficient (Wildman–Crippen LogP) is 2.61. The Kier molecular flexibility index (Phi) is 3.79. The maximum atomic E-state index is 10.4. The Bertz CT molecular complexity index is 439. The quantitative estimate of drug-likeness (QED) is 0.835. The second kappa shape index (κ2) is 5.33. The van der Waals surface area contributed by atoms with E-state index >= 15 is 0 Å². The van der Waals surface area contributed by atoms with E-state index < -0.39 is 5.97 Å². The van der Waals surface area contributed by atoms with Crippen molar-refractivity contribution in [1.82, 2.24) is 0 Å². The number of hydrogen-bond donors (Lipinski definition) is 1. The van der Waals surface area contributed by atoms with Gasteiger partial charge in [0.2, 0.25) is 0 Å². The maximum absolute atomic E-state index is 10.4. The first-order valence-corrected chi connectivity index (χ1v) is 5.88. The molecule has 1 N–H and O–H groups in total. The summed E-state index contributed by atoms with van der Waals surface area (Å²) in [5, 5.41) is 8.53. The molecule has 0 aliphatic carbocycles. The Morgan fingerprint density at radius 1 is 1.17 bits per heavy atom. The topological polar surface area (TPSA) is 55.8 Å². The highest BCUT2D eigenvalue weighted by Crippen LogP contribution is 2.30. The summed E-state index contributed by atoms with van der Waals surface area (Å²) in [5.74, 6) is -0.954. The monoisotopic (exact) mass is 248 g/mol. The molecule has 4 nitrogen and oxygen atoms in total. The van der Waals surface area contributed by atoms with E-state index in [9.17, 15) is 4.79 Å². The van der Waals surface area contributed by atoms with Gasteiger partial charge in [0.1, 0.15) is 0 Å². The third-order valence-corrected chi connectivity index (χ3v) is 2.96. The number of carboxylic acids is 1. The van der Waals surface area contributed by atoms with Gasteiger partial charge in [0, 0.05) is 11.6 Å². The average Bonchev–Trinajstić information content (AvgIpc) is 2.68. The Hall–Kier alpha value is -1.65. The molecule has 0 aromatic heterocycles. The van der Waals surface area contributed by atoms with E-state index in [1.807, 2.05) is 38.1 Å². The molecule has 0 bridgehead atoms. The van der Waals surface area contributed by atoms with Crippen LogP contribution >= 0.6 is 0 Å². The summed E-state index contributed by atoms with van der Waals surface area (Å²) in [7, 11) is 0. The van der Waals surface area contributed by atoms with Crippen LogP contribution in [0.3, 0.4) is 0 Å². The number of hydrogen-bond acceptors (Lipinski definition) is 3. The summed E-state index contributed by atoms with van der Waals surface area (Å²) in [5.41, 5.74) is 1.78. The molecule has 2 rings (SSSR count). The van der Waals surface area contributed by atoms with Crippen molar-refractivity contribution in [1.29, 1.82) is 0 Å². The van der Waals surface area contributed by atoms with Gasteiger partial charge in [0.15, 0.2) is 6.29 Å². The molecular formula is C14H16O4. The highest BCUT2D eigenvalue weighted by atomic mass is 16.7. The van der Waals surface area contributed by atoms with Crippen molar-refractivity contribution in [2.24, 2.45) is 0 Å². The van der Waals surface area contributed by atoms with E-state index in [0.29, 0.717) is 0 Å². The fourth-order valence-corrected chi connectivity index (χ4v) is 1.73. The van der Waals surface area contributed by atoms with Gasteiger partial charge in [-0.15, -0.1) is 0 Å². The van der Waals surface area contributed by atoms with Crippen molar-refractivity contribution in [2.75, 3.05) is 0 Å². The van der Waals surface area contributed by atoms with E-state index in [0.717, 1.165) is 17.2 Å². The fraction of sp³-hybridized carbons (Fsp3) is 0.357. The molecule has 18 heavy (non-hydrogen) atoms. The van der Waals surface area contributed by atoms with Crippen molar-refractivity contribution >= 4 is 12.0 Å². The van der Waals surface area contributed by atoms with Gasteiger partial charge in [-0.25, -0.2) is 4.79 Å². The second-order valence-corrected chi connectivity index (χ2v) is 4.35. The molecule has 0 saturated carbocycles. The Balaban J connectivity index is 2.06. The molecule has 1 aromatic carbocycles. The molecule has 1 aromatic rings. The first-order valence-electron chi connectivity index (χ1n) is 5.88. The zero-order valence-corrected chi connectivity index (χ0v) is 10.4. The van der Waals surface area contributed by atoms with Gasteiger partial charge in [-0.05, 0) is 25.5 Å². The molecule has 0 spiro atoms. The molecular weight excluding hydrogens is 232 g/mol. The highest BCUT2D eigenvalue weighted by molar-refractivity contribution is 5.85. The van der Waals surface area contributed by atoms with Gasteiger partial charge in [-0.1, -0.05) is 24.3 Å². The van der Waals surface area contributed by atoms with Crippen LogP contribution in [0.15, 0.2) is 30.3 Å². The average molecular weight is 248 g/mol. The lowest BCUT2D eigenvalue weighted by atomic mass is 10.1. The summed E-state index contributed by atoms with van der Waals surface area (Å²) in [4.78, 5) is 10.4. The second-order valence-electron chi connectivity index (χ2n) is 4.35. The molecule has 0 amide bonds. The van der Waals surface area contributed by atoms with E-state index in [1.54, 1.807) is 6.08 Å². The lowest BCUT2D eigenvalue weighted by molar-refractivity contribution is -0.131. The Morgan fingerprint density at radius 2 is 1.72 bits per heavy atom. The summed E-state index contributed by atoms with van der Waals surface area (Å²) in [6, 6.07) is 7.46. The fourth-order valence-electron chi connectivity index (χ4n) is 1.73. The normalized spacial score (nSPS) is 24.8. The largest absolute Gasteiger partial charge is 0.478 e. The highest BCUT2D eigenvalue weighted by Gasteiger charge is 2.30. The number of ether oxygens (including phenoxy) is 2. The van der Waals surface area contributed by atoms with Crippen LogP contribution in [-0.4, -0.2) is 23.3 Å². The van der Waals surface area contributed by atoms with Crippen LogP contribution in [0.2, 0.25) is 0 Å². The van der Waals surface area contributed by atoms with Gasteiger partial charge in [-0.3, -0.25) is 0 Å². The van der Waals surface area contributed by atoms with Crippen molar-refractivity contribution in [2.45, 2.75) is 32.3 Å². The smallest absolute Gasteiger partial charge is 0.328 e. The predicted molar refractivity (Wildman–Crippen MR) is 66.9 cm³/mol.